The van der Waals surface area contributed by atoms with Crippen LogP contribution in [0.25, 0.3) is 0 Å². The van der Waals surface area contributed by atoms with Crippen LogP contribution in [0.3, 0.4) is 0 Å². The molecular formula is C25H30O7. The Morgan fingerprint density at radius 3 is 2.72 bits per heavy atom. The summed E-state index contributed by atoms with van der Waals surface area (Å²) in [6.07, 6.45) is 8.77. The summed E-state index contributed by atoms with van der Waals surface area (Å²) in [5.74, 6) is 0.312. The number of ether oxygens (including phenoxy) is 4. The van der Waals surface area contributed by atoms with E-state index in [0.717, 1.165) is 31.3 Å². The number of fused-ring (bicyclic) bond motifs is 2. The Hall–Kier alpha value is -1.73. The summed E-state index contributed by atoms with van der Waals surface area (Å²) in [5, 5.41) is 0. The fourth-order valence-electron chi connectivity index (χ4n) is 9.46. The smallest absolute Gasteiger partial charge is 0.331 e. The Kier molecular flexibility index (Phi) is 3.60. The minimum atomic E-state index is -0.520. The van der Waals surface area contributed by atoms with E-state index in [2.05, 4.69) is 6.92 Å². The third-order valence-electron chi connectivity index (χ3n) is 10.7. The van der Waals surface area contributed by atoms with Gasteiger partial charge in [-0.15, -0.1) is 0 Å². The van der Waals surface area contributed by atoms with Gasteiger partial charge in [-0.05, 0) is 61.9 Å². The summed E-state index contributed by atoms with van der Waals surface area (Å²) in [6, 6.07) is 0. The third kappa shape index (κ3) is 2.05. The lowest BCUT2D eigenvalue weighted by atomic mass is 9.43. The standard InChI is InChI=1S/C25H30O7/c1-13(27)30-15-3-6-23(12-26)16-4-5-22(2)17(14-7-21(28)29-11-14)8-20-25(22,32-20)18(16)9-19-24(23,10-15)31-19/h7,12,15-20H,3-6,8-11H2,1-2H3/t15-,16-,17+,18+,19-,20-,22+,23-,24-,25-/m0/s1. The number of epoxide rings is 2. The zero-order valence-corrected chi connectivity index (χ0v) is 18.6. The highest BCUT2D eigenvalue weighted by Crippen LogP contribution is 2.80. The number of carbonyl (C=O) groups is 3. The molecule has 172 valence electrons. The molecule has 7 nitrogen and oxygen atoms in total. The number of hydrogen-bond donors (Lipinski definition) is 0. The highest BCUT2D eigenvalue weighted by molar-refractivity contribution is 5.85. The van der Waals surface area contributed by atoms with Crippen LogP contribution in [0.5, 0.6) is 0 Å². The Morgan fingerprint density at radius 1 is 1.16 bits per heavy atom. The van der Waals surface area contributed by atoms with Crippen molar-refractivity contribution >= 4 is 18.2 Å². The van der Waals surface area contributed by atoms with Gasteiger partial charge in [0.25, 0.3) is 0 Å². The first-order chi connectivity index (χ1) is 15.3. The lowest BCUT2D eigenvalue weighted by Gasteiger charge is -2.58. The first kappa shape index (κ1) is 19.7. The Bertz CT molecular complexity index is 973. The summed E-state index contributed by atoms with van der Waals surface area (Å²) in [4.78, 5) is 36.1. The van der Waals surface area contributed by atoms with Crippen LogP contribution < -0.4 is 0 Å². The molecule has 0 bridgehead atoms. The van der Waals surface area contributed by atoms with Gasteiger partial charge >= 0.3 is 11.9 Å². The molecule has 0 aromatic heterocycles. The summed E-state index contributed by atoms with van der Waals surface area (Å²) in [7, 11) is 0. The molecule has 0 amide bonds. The molecular weight excluding hydrogens is 412 g/mol. The molecule has 4 aliphatic carbocycles. The fourth-order valence-corrected chi connectivity index (χ4v) is 9.46. The largest absolute Gasteiger partial charge is 0.462 e. The molecule has 0 unspecified atom stereocenters. The Balaban J connectivity index is 1.23. The number of hydrogen-bond acceptors (Lipinski definition) is 7. The van der Waals surface area contributed by atoms with Crippen molar-refractivity contribution in [3.8, 4) is 0 Å². The van der Waals surface area contributed by atoms with E-state index < -0.39 is 11.0 Å². The van der Waals surface area contributed by atoms with Crippen LogP contribution in [0, 0.1) is 28.6 Å². The molecule has 6 fully saturated rings. The molecule has 4 saturated carbocycles. The molecule has 3 heterocycles. The van der Waals surface area contributed by atoms with E-state index in [1.165, 1.54) is 13.2 Å². The van der Waals surface area contributed by atoms with Gasteiger partial charge < -0.3 is 23.7 Å². The van der Waals surface area contributed by atoms with Crippen molar-refractivity contribution in [2.75, 3.05) is 6.61 Å². The van der Waals surface area contributed by atoms with Crippen LogP contribution in [-0.2, 0) is 33.3 Å². The zero-order valence-electron chi connectivity index (χ0n) is 18.6. The van der Waals surface area contributed by atoms with Crippen LogP contribution in [0.15, 0.2) is 11.6 Å². The number of cyclic esters (lactones) is 1. The van der Waals surface area contributed by atoms with E-state index in [9.17, 15) is 14.4 Å². The molecule has 7 aliphatic rings. The molecule has 10 atom stereocenters. The quantitative estimate of drug-likeness (QED) is 0.376. The summed E-state index contributed by atoms with van der Waals surface area (Å²) >= 11 is 0. The van der Waals surface area contributed by atoms with Gasteiger partial charge in [0.1, 0.15) is 30.2 Å². The molecule has 7 rings (SSSR count). The monoisotopic (exact) mass is 442 g/mol. The average molecular weight is 443 g/mol. The van der Waals surface area contributed by atoms with E-state index in [1.54, 1.807) is 6.08 Å². The van der Waals surface area contributed by atoms with Crippen LogP contribution >= 0.6 is 0 Å². The zero-order chi connectivity index (χ0) is 22.1. The highest BCUT2D eigenvalue weighted by atomic mass is 16.6. The van der Waals surface area contributed by atoms with E-state index in [-0.39, 0.29) is 53.1 Å². The second-order valence-electron chi connectivity index (χ2n) is 11.5. The SMILES string of the molecule is CC(=O)O[C@H]1CC[C@]2(C=O)[C@H]3CC[C@]4(C)[C@@H](C5=CC(=O)OC5)C[C@@H]5O[C@@]54[C@@H]3C[C@@H]3O[C@@]32C1. The molecule has 3 aliphatic heterocycles. The van der Waals surface area contributed by atoms with E-state index in [0.29, 0.717) is 31.8 Å². The van der Waals surface area contributed by atoms with Gasteiger partial charge in [0.2, 0.25) is 0 Å². The molecule has 0 radical (unpaired) electrons. The predicted octanol–water partition coefficient (Wildman–Crippen LogP) is 2.50. The predicted molar refractivity (Wildman–Crippen MR) is 109 cm³/mol. The number of carbonyl (C=O) groups excluding carboxylic acids is 3. The molecule has 32 heavy (non-hydrogen) atoms. The van der Waals surface area contributed by atoms with Crippen molar-refractivity contribution in [1.29, 1.82) is 0 Å². The average Bonchev–Trinajstić information content (AvgIpc) is 3.57. The van der Waals surface area contributed by atoms with E-state index in [4.69, 9.17) is 18.9 Å². The maximum Gasteiger partial charge on any atom is 0.331 e. The lowest BCUT2D eigenvalue weighted by molar-refractivity contribution is -0.164. The summed E-state index contributed by atoms with van der Waals surface area (Å²) in [5.41, 5.74) is -0.158. The molecule has 7 heteroatoms. The molecule has 2 spiro atoms. The van der Waals surface area contributed by atoms with Crippen LogP contribution in [0.2, 0.25) is 0 Å². The number of rotatable bonds is 3. The third-order valence-corrected chi connectivity index (χ3v) is 10.7. The van der Waals surface area contributed by atoms with E-state index in [1.807, 2.05) is 0 Å². The number of aldehydes is 1. The minimum Gasteiger partial charge on any atom is -0.462 e. The molecule has 0 N–H and O–H groups in total. The normalized spacial score (nSPS) is 56.4. The molecule has 2 saturated heterocycles. The maximum atomic E-state index is 12.8. The van der Waals surface area contributed by atoms with Gasteiger partial charge in [-0.3, -0.25) is 4.79 Å². The first-order valence-electron chi connectivity index (χ1n) is 12.2. The van der Waals surface area contributed by atoms with Crippen molar-refractivity contribution in [3.63, 3.8) is 0 Å². The van der Waals surface area contributed by atoms with Crippen LogP contribution in [0.4, 0.5) is 0 Å². The van der Waals surface area contributed by atoms with Gasteiger partial charge in [-0.1, -0.05) is 6.92 Å². The maximum absolute atomic E-state index is 12.8. The van der Waals surface area contributed by atoms with Crippen molar-refractivity contribution in [1.82, 2.24) is 0 Å². The topological polar surface area (TPSA) is 94.7 Å². The summed E-state index contributed by atoms with van der Waals surface area (Å²) < 4.78 is 23.7. The molecule has 0 aromatic carbocycles. The molecule has 0 aromatic rings. The van der Waals surface area contributed by atoms with Crippen LogP contribution in [-0.4, -0.2) is 54.3 Å². The fraction of sp³-hybridized carbons (Fsp3) is 0.800. The second kappa shape index (κ2) is 5.84. The minimum absolute atomic E-state index is 0.0311. The van der Waals surface area contributed by atoms with Gasteiger partial charge in [-0.25, -0.2) is 4.79 Å². The second-order valence-corrected chi connectivity index (χ2v) is 11.5. The van der Waals surface area contributed by atoms with Gasteiger partial charge in [0.05, 0.1) is 17.6 Å². The number of esters is 2. The van der Waals surface area contributed by atoms with Crippen molar-refractivity contribution in [2.45, 2.75) is 88.3 Å². The van der Waals surface area contributed by atoms with E-state index >= 15 is 0 Å². The van der Waals surface area contributed by atoms with Crippen LogP contribution in [0.1, 0.15) is 58.8 Å². The Morgan fingerprint density at radius 2 is 2.00 bits per heavy atom. The van der Waals surface area contributed by atoms with Gasteiger partial charge in [-0.2, -0.15) is 0 Å². The lowest BCUT2D eigenvalue weighted by Crippen LogP contribution is -2.63. The first-order valence-corrected chi connectivity index (χ1v) is 12.2. The van der Waals surface area contributed by atoms with Crippen molar-refractivity contribution in [2.24, 2.45) is 28.6 Å². The highest BCUT2D eigenvalue weighted by Gasteiger charge is 2.86. The van der Waals surface area contributed by atoms with Gasteiger partial charge in [0.15, 0.2) is 0 Å². The van der Waals surface area contributed by atoms with Crippen molar-refractivity contribution in [3.05, 3.63) is 11.6 Å². The Labute approximate surface area is 187 Å². The summed E-state index contributed by atoms with van der Waals surface area (Å²) in [6.45, 7) is 4.19. The van der Waals surface area contributed by atoms with Crippen molar-refractivity contribution < 1.29 is 33.3 Å². The van der Waals surface area contributed by atoms with Gasteiger partial charge in [0, 0.05) is 24.8 Å².